The number of benzene rings is 1. The van der Waals surface area contributed by atoms with Crippen molar-refractivity contribution < 1.29 is 0 Å². The zero-order valence-corrected chi connectivity index (χ0v) is 7.31. The van der Waals surface area contributed by atoms with Gasteiger partial charge in [-0.2, -0.15) is 0 Å². The summed E-state index contributed by atoms with van der Waals surface area (Å²) in [7, 11) is 3.68. The van der Waals surface area contributed by atoms with E-state index in [1.54, 1.807) is 12.1 Å². The first kappa shape index (κ1) is 8.52. The molecule has 1 aromatic carbocycles. The Balaban J connectivity index is 3.19. The van der Waals surface area contributed by atoms with E-state index in [1.807, 2.05) is 14.1 Å². The van der Waals surface area contributed by atoms with Crippen molar-refractivity contribution in [2.75, 3.05) is 36.2 Å². The third-order valence-corrected chi connectivity index (χ3v) is 1.76. The summed E-state index contributed by atoms with van der Waals surface area (Å²) in [6, 6.07) is 3.61. The Morgan fingerprint density at radius 2 is 1.25 bits per heavy atom. The molecule has 0 atom stereocenters. The van der Waals surface area contributed by atoms with Gasteiger partial charge in [0.05, 0.1) is 22.7 Å². The van der Waals surface area contributed by atoms with Crippen LogP contribution in [-0.2, 0) is 0 Å². The topological polar surface area (TPSA) is 76.1 Å². The highest BCUT2D eigenvalue weighted by molar-refractivity contribution is 5.81. The fraction of sp³-hybridized carbons (Fsp3) is 0.250. The molecular weight excluding hydrogens is 152 g/mol. The molecule has 0 saturated carbocycles. The van der Waals surface area contributed by atoms with Crippen molar-refractivity contribution in [3.63, 3.8) is 0 Å². The van der Waals surface area contributed by atoms with Gasteiger partial charge in [-0.3, -0.25) is 0 Å². The van der Waals surface area contributed by atoms with Gasteiger partial charge in [-0.1, -0.05) is 0 Å². The maximum atomic E-state index is 5.63. The second-order valence-corrected chi connectivity index (χ2v) is 2.53. The van der Waals surface area contributed by atoms with Crippen LogP contribution in [0.3, 0.4) is 0 Å². The fourth-order valence-electron chi connectivity index (χ4n) is 1.05. The molecule has 0 fully saturated rings. The summed E-state index contributed by atoms with van der Waals surface area (Å²) in [5.74, 6) is 0. The van der Waals surface area contributed by atoms with E-state index in [0.717, 1.165) is 11.4 Å². The van der Waals surface area contributed by atoms with Gasteiger partial charge in [0.2, 0.25) is 0 Å². The maximum absolute atomic E-state index is 5.63. The van der Waals surface area contributed by atoms with E-state index in [4.69, 9.17) is 11.5 Å². The van der Waals surface area contributed by atoms with E-state index in [-0.39, 0.29) is 0 Å². The van der Waals surface area contributed by atoms with Gasteiger partial charge in [-0.15, -0.1) is 0 Å². The summed E-state index contributed by atoms with van der Waals surface area (Å²) >= 11 is 0. The molecule has 0 aliphatic carbocycles. The molecule has 66 valence electrons. The van der Waals surface area contributed by atoms with Gasteiger partial charge in [0.25, 0.3) is 0 Å². The lowest BCUT2D eigenvalue weighted by Crippen LogP contribution is -2.01. The Kier molecular flexibility index (Phi) is 2.28. The van der Waals surface area contributed by atoms with Crippen LogP contribution in [0, 0.1) is 0 Å². The molecule has 0 spiro atoms. The smallest absolute Gasteiger partial charge is 0.0595 e. The summed E-state index contributed by atoms with van der Waals surface area (Å²) < 4.78 is 0. The minimum atomic E-state index is 0.596. The molecule has 0 heterocycles. The van der Waals surface area contributed by atoms with Gasteiger partial charge in [-0.05, 0) is 12.1 Å². The first-order chi connectivity index (χ1) is 5.69. The van der Waals surface area contributed by atoms with E-state index in [1.165, 1.54) is 0 Å². The van der Waals surface area contributed by atoms with Crippen molar-refractivity contribution in [2.24, 2.45) is 0 Å². The van der Waals surface area contributed by atoms with Crippen LogP contribution in [0.4, 0.5) is 22.7 Å². The van der Waals surface area contributed by atoms with Crippen LogP contribution in [0.2, 0.25) is 0 Å². The monoisotopic (exact) mass is 166 g/mol. The molecule has 6 N–H and O–H groups in total. The molecule has 1 rings (SSSR count). The van der Waals surface area contributed by atoms with Crippen LogP contribution in [0.25, 0.3) is 0 Å². The predicted octanol–water partition coefficient (Wildman–Crippen LogP) is 0.934. The average molecular weight is 166 g/mol. The van der Waals surface area contributed by atoms with Crippen molar-refractivity contribution in [1.29, 1.82) is 0 Å². The lowest BCUT2D eigenvalue weighted by molar-refractivity contribution is 1.45. The third-order valence-electron chi connectivity index (χ3n) is 1.76. The van der Waals surface area contributed by atoms with Gasteiger partial charge in [-0.25, -0.2) is 0 Å². The van der Waals surface area contributed by atoms with Crippen LogP contribution < -0.4 is 22.1 Å². The van der Waals surface area contributed by atoms with Crippen molar-refractivity contribution >= 4 is 22.7 Å². The molecule has 0 aromatic heterocycles. The molecule has 12 heavy (non-hydrogen) atoms. The normalized spacial score (nSPS) is 9.50. The molecule has 0 aliphatic rings. The Labute approximate surface area is 71.9 Å². The van der Waals surface area contributed by atoms with Crippen molar-refractivity contribution in [2.45, 2.75) is 0 Å². The highest BCUT2D eigenvalue weighted by Gasteiger charge is 2.02. The quantitative estimate of drug-likeness (QED) is 0.493. The molecule has 0 bridgehead atoms. The van der Waals surface area contributed by atoms with E-state index in [9.17, 15) is 0 Å². The van der Waals surface area contributed by atoms with E-state index >= 15 is 0 Å². The Morgan fingerprint density at radius 1 is 0.917 bits per heavy atom. The minimum absolute atomic E-state index is 0.596. The summed E-state index contributed by atoms with van der Waals surface area (Å²) in [4.78, 5) is 0. The SMILES string of the molecule is CNc1cc(N)c(N)cc1NC. The summed E-state index contributed by atoms with van der Waals surface area (Å²) in [5, 5.41) is 6.03. The molecule has 0 saturated heterocycles. The average Bonchev–Trinajstić information content (AvgIpc) is 2.09. The fourth-order valence-corrected chi connectivity index (χ4v) is 1.05. The highest BCUT2D eigenvalue weighted by Crippen LogP contribution is 2.28. The van der Waals surface area contributed by atoms with Crippen LogP contribution >= 0.6 is 0 Å². The Morgan fingerprint density at radius 3 is 1.50 bits per heavy atom. The minimum Gasteiger partial charge on any atom is -0.397 e. The number of nitrogens with two attached hydrogens (primary N) is 2. The molecule has 4 heteroatoms. The number of hydrogen-bond acceptors (Lipinski definition) is 4. The van der Waals surface area contributed by atoms with Gasteiger partial charge in [0.15, 0.2) is 0 Å². The summed E-state index contributed by atoms with van der Waals surface area (Å²) in [6.07, 6.45) is 0. The maximum Gasteiger partial charge on any atom is 0.0595 e. The number of nitrogen functional groups attached to an aromatic ring is 2. The van der Waals surface area contributed by atoms with Crippen molar-refractivity contribution in [3.05, 3.63) is 12.1 Å². The van der Waals surface area contributed by atoms with Crippen LogP contribution in [-0.4, -0.2) is 14.1 Å². The van der Waals surface area contributed by atoms with Crippen LogP contribution in [0.1, 0.15) is 0 Å². The van der Waals surface area contributed by atoms with Crippen molar-refractivity contribution in [1.82, 2.24) is 0 Å². The molecule has 1 aromatic rings. The molecule has 0 radical (unpaired) electrons. The summed E-state index contributed by atoms with van der Waals surface area (Å²) in [6.45, 7) is 0. The highest BCUT2D eigenvalue weighted by atomic mass is 14.9. The molecule has 0 aliphatic heterocycles. The number of hydrogen-bond donors (Lipinski definition) is 4. The zero-order valence-electron chi connectivity index (χ0n) is 7.31. The van der Waals surface area contributed by atoms with Crippen LogP contribution in [0.15, 0.2) is 12.1 Å². The molecule has 0 amide bonds. The van der Waals surface area contributed by atoms with Gasteiger partial charge < -0.3 is 22.1 Å². The molecule has 0 unspecified atom stereocenters. The number of nitrogens with one attached hydrogen (secondary N) is 2. The Hall–Kier alpha value is -1.58. The second-order valence-electron chi connectivity index (χ2n) is 2.53. The summed E-state index contributed by atoms with van der Waals surface area (Å²) in [5.41, 5.74) is 14.3. The zero-order chi connectivity index (χ0) is 9.14. The van der Waals surface area contributed by atoms with Gasteiger partial charge >= 0.3 is 0 Å². The first-order valence-corrected chi connectivity index (χ1v) is 3.73. The Bertz CT molecular complexity index is 254. The standard InChI is InChI=1S/C8H14N4/c1-11-7-3-5(9)6(10)4-8(7)12-2/h3-4,11-12H,9-10H2,1-2H3. The first-order valence-electron chi connectivity index (χ1n) is 3.73. The van der Waals surface area contributed by atoms with Crippen molar-refractivity contribution in [3.8, 4) is 0 Å². The molecule has 4 nitrogen and oxygen atoms in total. The predicted molar refractivity (Wildman–Crippen MR) is 54.4 cm³/mol. The third kappa shape index (κ3) is 1.37. The van der Waals surface area contributed by atoms with E-state index in [0.29, 0.717) is 11.4 Å². The number of rotatable bonds is 2. The second kappa shape index (κ2) is 3.21. The van der Waals surface area contributed by atoms with E-state index in [2.05, 4.69) is 10.6 Å². The number of anilines is 4. The van der Waals surface area contributed by atoms with Gasteiger partial charge in [0, 0.05) is 14.1 Å². The van der Waals surface area contributed by atoms with E-state index < -0.39 is 0 Å². The molecular formula is C8H14N4. The van der Waals surface area contributed by atoms with Gasteiger partial charge in [0.1, 0.15) is 0 Å². The lowest BCUT2D eigenvalue weighted by Gasteiger charge is -2.11. The largest absolute Gasteiger partial charge is 0.397 e. The van der Waals surface area contributed by atoms with Crippen LogP contribution in [0.5, 0.6) is 0 Å². The lowest BCUT2D eigenvalue weighted by atomic mass is 10.2.